The van der Waals surface area contributed by atoms with Gasteiger partial charge in [0.2, 0.25) is 11.8 Å². The van der Waals surface area contributed by atoms with E-state index in [1.807, 2.05) is 0 Å². The highest BCUT2D eigenvalue weighted by Gasteiger charge is 2.25. The van der Waals surface area contributed by atoms with Crippen LogP contribution in [0.1, 0.15) is 36.9 Å². The van der Waals surface area contributed by atoms with Gasteiger partial charge in [0.25, 0.3) is 0 Å². The van der Waals surface area contributed by atoms with Crippen LogP contribution in [0, 0.1) is 0 Å². The minimum atomic E-state index is -0.173. The Kier molecular flexibility index (Phi) is 3.69. The molecule has 0 bridgehead atoms. The normalized spacial score (nSPS) is 14.8. The average molecular weight is 292 g/mol. The van der Waals surface area contributed by atoms with Gasteiger partial charge in [0, 0.05) is 16.6 Å². The Labute approximate surface area is 121 Å². The van der Waals surface area contributed by atoms with Crippen LogP contribution in [0.3, 0.4) is 0 Å². The number of carbonyl (C=O) groups excluding carboxylic acids is 1. The van der Waals surface area contributed by atoms with Crippen LogP contribution in [0.4, 0.5) is 5.69 Å². The summed E-state index contributed by atoms with van der Waals surface area (Å²) in [6.07, 6.45) is 3.51. The molecule has 1 aliphatic carbocycles. The molecule has 104 valence electrons. The number of nitrogens with zero attached hydrogens (tertiary/aromatic N) is 2. The molecule has 1 fully saturated rings. The van der Waals surface area contributed by atoms with Crippen LogP contribution in [0.25, 0.3) is 0 Å². The fourth-order valence-corrected chi connectivity index (χ4v) is 2.17. The van der Waals surface area contributed by atoms with Gasteiger partial charge in [-0.25, -0.2) is 0 Å². The number of hydrogen-bond donors (Lipinski definition) is 1. The summed E-state index contributed by atoms with van der Waals surface area (Å²) in [7, 11) is 0. The third kappa shape index (κ3) is 2.99. The van der Waals surface area contributed by atoms with E-state index in [4.69, 9.17) is 16.1 Å². The van der Waals surface area contributed by atoms with Crippen molar-refractivity contribution < 1.29 is 9.32 Å². The number of hydrogen-bond acceptors (Lipinski definition) is 4. The topological polar surface area (TPSA) is 68.0 Å². The van der Waals surface area contributed by atoms with Gasteiger partial charge in [0.05, 0.1) is 6.42 Å². The molecule has 1 amide bonds. The van der Waals surface area contributed by atoms with E-state index in [1.165, 1.54) is 6.42 Å². The van der Waals surface area contributed by atoms with E-state index < -0.39 is 0 Å². The van der Waals surface area contributed by atoms with Crippen molar-refractivity contribution in [1.29, 1.82) is 0 Å². The minimum Gasteiger partial charge on any atom is -0.339 e. The lowest BCUT2D eigenvalue weighted by Crippen LogP contribution is -2.15. The summed E-state index contributed by atoms with van der Waals surface area (Å²) >= 11 is 5.78. The molecule has 0 aliphatic heterocycles. The number of aromatic nitrogens is 2. The Balaban J connectivity index is 1.58. The Morgan fingerprint density at radius 3 is 2.75 bits per heavy atom. The number of anilines is 1. The molecule has 5 nitrogen and oxygen atoms in total. The maximum absolute atomic E-state index is 11.9. The van der Waals surface area contributed by atoms with E-state index in [1.54, 1.807) is 24.3 Å². The number of amides is 1. The molecule has 0 radical (unpaired) electrons. The predicted molar refractivity (Wildman–Crippen MR) is 74.7 cm³/mol. The first kappa shape index (κ1) is 13.1. The number of rotatable bonds is 4. The molecule has 1 aliphatic rings. The number of nitrogens with one attached hydrogen (secondary N) is 1. The molecular formula is C14H14ClN3O2. The van der Waals surface area contributed by atoms with Crippen LogP contribution in [0.5, 0.6) is 0 Å². The minimum absolute atomic E-state index is 0.110. The lowest BCUT2D eigenvalue weighted by molar-refractivity contribution is -0.115. The summed E-state index contributed by atoms with van der Waals surface area (Å²) < 4.78 is 5.18. The average Bonchev–Trinajstić information content (AvgIpc) is 2.78. The van der Waals surface area contributed by atoms with Gasteiger partial charge < -0.3 is 9.84 Å². The summed E-state index contributed by atoms with van der Waals surface area (Å²) in [5, 5.41) is 7.24. The van der Waals surface area contributed by atoms with E-state index in [0.717, 1.165) is 12.8 Å². The second kappa shape index (κ2) is 5.63. The lowest BCUT2D eigenvalue weighted by atomic mass is 9.85. The Morgan fingerprint density at radius 1 is 1.35 bits per heavy atom. The molecule has 6 heteroatoms. The third-order valence-electron chi connectivity index (χ3n) is 3.38. The SMILES string of the molecule is O=C(Cc1noc(C2CCC2)n1)Nc1ccc(Cl)cc1. The van der Waals surface area contributed by atoms with E-state index in [-0.39, 0.29) is 12.3 Å². The number of carbonyl (C=O) groups is 1. The molecule has 1 saturated carbocycles. The van der Waals surface area contributed by atoms with Crippen molar-refractivity contribution >= 4 is 23.2 Å². The van der Waals surface area contributed by atoms with E-state index in [2.05, 4.69) is 15.5 Å². The number of benzene rings is 1. The molecule has 1 aromatic heterocycles. The highest BCUT2D eigenvalue weighted by molar-refractivity contribution is 6.30. The zero-order valence-electron chi connectivity index (χ0n) is 10.8. The van der Waals surface area contributed by atoms with E-state index in [9.17, 15) is 4.79 Å². The molecule has 0 atom stereocenters. The van der Waals surface area contributed by atoms with Gasteiger partial charge in [-0.3, -0.25) is 4.79 Å². The molecule has 0 unspecified atom stereocenters. The van der Waals surface area contributed by atoms with Gasteiger partial charge in [0.1, 0.15) is 0 Å². The zero-order valence-corrected chi connectivity index (χ0v) is 11.6. The zero-order chi connectivity index (χ0) is 13.9. The molecule has 0 spiro atoms. The van der Waals surface area contributed by atoms with Gasteiger partial charge >= 0.3 is 0 Å². The molecule has 3 rings (SSSR count). The Hall–Kier alpha value is -1.88. The maximum atomic E-state index is 11.9. The highest BCUT2D eigenvalue weighted by atomic mass is 35.5. The molecule has 0 saturated heterocycles. The van der Waals surface area contributed by atoms with Crippen molar-refractivity contribution in [2.75, 3.05) is 5.32 Å². The first-order chi connectivity index (χ1) is 9.70. The van der Waals surface area contributed by atoms with Crippen LogP contribution in [-0.4, -0.2) is 16.0 Å². The summed E-state index contributed by atoms with van der Waals surface area (Å²) in [6, 6.07) is 6.94. The molecule has 1 aromatic carbocycles. The second-order valence-electron chi connectivity index (χ2n) is 4.91. The summed E-state index contributed by atoms with van der Waals surface area (Å²) in [6.45, 7) is 0. The fourth-order valence-electron chi connectivity index (χ4n) is 2.04. The third-order valence-corrected chi connectivity index (χ3v) is 3.64. The van der Waals surface area contributed by atoms with Crippen LogP contribution in [0.15, 0.2) is 28.8 Å². The molecule has 2 aromatic rings. The second-order valence-corrected chi connectivity index (χ2v) is 5.34. The standard InChI is InChI=1S/C14H14ClN3O2/c15-10-4-6-11(7-5-10)16-13(19)8-12-17-14(20-18-12)9-2-1-3-9/h4-7,9H,1-3,8H2,(H,16,19). The lowest BCUT2D eigenvalue weighted by Gasteiger charge is -2.20. The molecule has 20 heavy (non-hydrogen) atoms. The van der Waals surface area contributed by atoms with Crippen molar-refractivity contribution in [2.45, 2.75) is 31.6 Å². The van der Waals surface area contributed by atoms with Gasteiger partial charge in [-0.2, -0.15) is 4.98 Å². The quantitative estimate of drug-likeness (QED) is 0.939. The van der Waals surface area contributed by atoms with E-state index in [0.29, 0.717) is 28.3 Å². The smallest absolute Gasteiger partial charge is 0.232 e. The highest BCUT2D eigenvalue weighted by Crippen LogP contribution is 2.35. The van der Waals surface area contributed by atoms with Crippen LogP contribution in [-0.2, 0) is 11.2 Å². The fraction of sp³-hybridized carbons (Fsp3) is 0.357. The summed E-state index contributed by atoms with van der Waals surface area (Å²) in [4.78, 5) is 16.1. The first-order valence-corrected chi connectivity index (χ1v) is 6.96. The van der Waals surface area contributed by atoms with Gasteiger partial charge in [-0.1, -0.05) is 23.2 Å². The molecule has 1 N–H and O–H groups in total. The van der Waals surface area contributed by atoms with Gasteiger partial charge in [-0.15, -0.1) is 0 Å². The van der Waals surface area contributed by atoms with Crippen LogP contribution >= 0.6 is 11.6 Å². The van der Waals surface area contributed by atoms with Crippen molar-refractivity contribution in [3.8, 4) is 0 Å². The summed E-state index contributed by atoms with van der Waals surface area (Å²) in [5.74, 6) is 1.30. The monoisotopic (exact) mass is 291 g/mol. The van der Waals surface area contributed by atoms with Crippen molar-refractivity contribution in [2.24, 2.45) is 0 Å². The molecular weight excluding hydrogens is 278 g/mol. The van der Waals surface area contributed by atoms with Crippen molar-refractivity contribution in [3.63, 3.8) is 0 Å². The Bertz CT molecular complexity index is 605. The van der Waals surface area contributed by atoms with Crippen molar-refractivity contribution in [1.82, 2.24) is 10.1 Å². The first-order valence-electron chi connectivity index (χ1n) is 6.58. The van der Waals surface area contributed by atoms with Gasteiger partial charge in [0.15, 0.2) is 5.82 Å². The summed E-state index contributed by atoms with van der Waals surface area (Å²) in [5.41, 5.74) is 0.696. The van der Waals surface area contributed by atoms with Crippen LogP contribution < -0.4 is 5.32 Å². The maximum Gasteiger partial charge on any atom is 0.232 e. The van der Waals surface area contributed by atoms with Gasteiger partial charge in [-0.05, 0) is 37.1 Å². The predicted octanol–water partition coefficient (Wildman–Crippen LogP) is 3.17. The van der Waals surface area contributed by atoms with Crippen molar-refractivity contribution in [3.05, 3.63) is 41.0 Å². The molecule has 1 heterocycles. The van der Waals surface area contributed by atoms with Crippen LogP contribution in [0.2, 0.25) is 5.02 Å². The largest absolute Gasteiger partial charge is 0.339 e. The van der Waals surface area contributed by atoms with E-state index >= 15 is 0 Å². The number of halogens is 1. The Morgan fingerprint density at radius 2 is 2.10 bits per heavy atom.